The Bertz CT molecular complexity index is 456. The maximum absolute atomic E-state index is 11.8. The minimum Gasteiger partial charge on any atom is -0.367 e. The van der Waals surface area contributed by atoms with Crippen LogP contribution in [-0.4, -0.2) is 29.1 Å². The number of aromatic nitrogens is 1. The molecule has 1 unspecified atom stereocenters. The maximum Gasteiger partial charge on any atom is 0.330 e. The third-order valence-corrected chi connectivity index (χ3v) is 4.36. The Kier molecular flexibility index (Phi) is 4.48. The van der Waals surface area contributed by atoms with Gasteiger partial charge in [-0.1, -0.05) is 0 Å². The molecule has 0 bridgehead atoms. The summed E-state index contributed by atoms with van der Waals surface area (Å²) in [5.74, 6) is 0.606. The van der Waals surface area contributed by atoms with E-state index in [1.165, 1.54) is 0 Å². The van der Waals surface area contributed by atoms with Crippen LogP contribution in [0.25, 0.3) is 0 Å². The predicted octanol–water partition coefficient (Wildman–Crippen LogP) is 3.18. The number of carbonyl (C=O) groups excluding carboxylic acids is 1. The average molecular weight is 303 g/mol. The lowest BCUT2D eigenvalue weighted by Gasteiger charge is -2.21. The topological polar surface area (TPSA) is 42.4 Å². The van der Waals surface area contributed by atoms with Crippen LogP contribution in [0.5, 0.6) is 0 Å². The molecule has 106 valence electrons. The lowest BCUT2D eigenvalue weighted by Crippen LogP contribution is -2.32. The van der Waals surface area contributed by atoms with Crippen molar-refractivity contribution in [1.82, 2.24) is 10.0 Å². The van der Waals surface area contributed by atoms with Crippen molar-refractivity contribution in [3.05, 3.63) is 16.1 Å². The van der Waals surface area contributed by atoms with E-state index >= 15 is 0 Å². The zero-order valence-corrected chi connectivity index (χ0v) is 13.1. The molecule has 1 fully saturated rings. The molecule has 19 heavy (non-hydrogen) atoms. The monoisotopic (exact) mass is 302 g/mol. The van der Waals surface area contributed by atoms with E-state index in [4.69, 9.17) is 16.4 Å². The van der Waals surface area contributed by atoms with Crippen LogP contribution in [0.15, 0.2) is 5.38 Å². The number of hydroxylamine groups is 2. The van der Waals surface area contributed by atoms with Gasteiger partial charge in [-0.3, -0.25) is 0 Å². The van der Waals surface area contributed by atoms with Crippen LogP contribution < -0.4 is 0 Å². The molecule has 4 nitrogen and oxygen atoms in total. The molecule has 0 amide bonds. The second kappa shape index (κ2) is 5.77. The molecule has 1 aromatic rings. The summed E-state index contributed by atoms with van der Waals surface area (Å²) >= 11 is 7.39. The molecule has 0 aliphatic carbocycles. The van der Waals surface area contributed by atoms with Gasteiger partial charge in [-0.05, 0) is 27.2 Å². The van der Waals surface area contributed by atoms with E-state index in [0.29, 0.717) is 11.8 Å². The number of carbonyl (C=O) groups is 1. The zero-order valence-electron chi connectivity index (χ0n) is 11.5. The van der Waals surface area contributed by atoms with Crippen LogP contribution in [0.3, 0.4) is 0 Å². The van der Waals surface area contributed by atoms with Gasteiger partial charge in [0.2, 0.25) is 0 Å². The summed E-state index contributed by atoms with van der Waals surface area (Å²) in [6.07, 6.45) is 0.965. The second-order valence-electron chi connectivity index (χ2n) is 5.81. The van der Waals surface area contributed by atoms with Crippen molar-refractivity contribution in [1.29, 1.82) is 0 Å². The van der Waals surface area contributed by atoms with E-state index in [0.717, 1.165) is 30.2 Å². The van der Waals surface area contributed by atoms with E-state index in [2.05, 4.69) is 4.98 Å². The molecule has 0 aromatic carbocycles. The third kappa shape index (κ3) is 3.68. The Labute approximate surface area is 122 Å². The van der Waals surface area contributed by atoms with Gasteiger partial charge in [0.25, 0.3) is 0 Å². The summed E-state index contributed by atoms with van der Waals surface area (Å²) in [7, 11) is 0. The molecule has 0 saturated carbocycles. The van der Waals surface area contributed by atoms with Gasteiger partial charge in [-0.2, -0.15) is 0 Å². The summed E-state index contributed by atoms with van der Waals surface area (Å²) in [6, 6.07) is 0. The lowest BCUT2D eigenvalue weighted by molar-refractivity contribution is -0.195. The molecule has 0 radical (unpaired) electrons. The first-order chi connectivity index (χ1) is 8.90. The van der Waals surface area contributed by atoms with E-state index in [9.17, 15) is 4.79 Å². The minimum atomic E-state index is -0.467. The minimum absolute atomic E-state index is 0.186. The van der Waals surface area contributed by atoms with Gasteiger partial charge in [0.1, 0.15) is 0 Å². The molecule has 1 aliphatic rings. The average Bonchev–Trinajstić information content (AvgIpc) is 2.95. The van der Waals surface area contributed by atoms with Gasteiger partial charge >= 0.3 is 5.97 Å². The summed E-state index contributed by atoms with van der Waals surface area (Å²) in [5, 5.41) is 4.83. The molecule has 2 rings (SSSR count). The van der Waals surface area contributed by atoms with Crippen LogP contribution in [0.2, 0.25) is 0 Å². The van der Waals surface area contributed by atoms with E-state index in [1.807, 2.05) is 26.2 Å². The SMILES string of the molecule is CC(C)(C)C(=O)ON1CCC(c2nc(CCl)cs2)C1. The summed E-state index contributed by atoms with van der Waals surface area (Å²) in [5.41, 5.74) is 0.456. The van der Waals surface area contributed by atoms with Crippen molar-refractivity contribution in [3.63, 3.8) is 0 Å². The largest absolute Gasteiger partial charge is 0.367 e. The quantitative estimate of drug-likeness (QED) is 0.804. The maximum atomic E-state index is 11.8. The van der Waals surface area contributed by atoms with Gasteiger partial charge in [0.15, 0.2) is 0 Å². The molecule has 0 N–H and O–H groups in total. The normalized spacial score (nSPS) is 20.7. The first-order valence-electron chi connectivity index (χ1n) is 6.37. The second-order valence-corrected chi connectivity index (χ2v) is 6.97. The fourth-order valence-electron chi connectivity index (χ4n) is 1.84. The smallest absolute Gasteiger partial charge is 0.330 e. The number of hydrogen-bond donors (Lipinski definition) is 0. The standard InChI is InChI=1S/C13H19ClN2O2S/c1-13(2,3)12(17)18-16-5-4-9(7-16)11-15-10(6-14)8-19-11/h8-9H,4-7H2,1-3H3. The highest BCUT2D eigenvalue weighted by Crippen LogP contribution is 2.30. The molecule has 6 heteroatoms. The van der Waals surface area contributed by atoms with Crippen molar-refractivity contribution < 1.29 is 9.63 Å². The van der Waals surface area contributed by atoms with Crippen LogP contribution in [0, 0.1) is 5.41 Å². The fourth-order valence-corrected chi connectivity index (χ4v) is 3.01. The molecule has 2 heterocycles. The summed E-state index contributed by atoms with van der Waals surface area (Å²) < 4.78 is 0. The number of rotatable bonds is 3. The number of hydrogen-bond acceptors (Lipinski definition) is 5. The predicted molar refractivity (Wildman–Crippen MR) is 76.1 cm³/mol. The first-order valence-corrected chi connectivity index (χ1v) is 7.79. The van der Waals surface area contributed by atoms with Crippen LogP contribution in [0.4, 0.5) is 0 Å². The summed E-state index contributed by atoms with van der Waals surface area (Å²) in [4.78, 5) is 21.7. The van der Waals surface area contributed by atoms with Gasteiger partial charge < -0.3 is 4.84 Å². The molecule has 1 aliphatic heterocycles. The van der Waals surface area contributed by atoms with Crippen molar-refractivity contribution >= 4 is 28.9 Å². The lowest BCUT2D eigenvalue weighted by atomic mass is 9.98. The Morgan fingerprint density at radius 3 is 2.95 bits per heavy atom. The Morgan fingerprint density at radius 2 is 2.37 bits per heavy atom. The molecule has 0 spiro atoms. The molecular formula is C13H19ClN2O2S. The van der Waals surface area contributed by atoms with Crippen LogP contribution in [-0.2, 0) is 15.5 Å². The molecular weight excluding hydrogens is 284 g/mol. The number of halogens is 1. The van der Waals surface area contributed by atoms with Crippen LogP contribution >= 0.6 is 22.9 Å². The highest BCUT2D eigenvalue weighted by molar-refractivity contribution is 7.09. The van der Waals surface area contributed by atoms with Gasteiger partial charge in [0, 0.05) is 24.4 Å². The zero-order chi connectivity index (χ0) is 14.0. The number of thiazole rings is 1. The van der Waals surface area contributed by atoms with E-state index < -0.39 is 5.41 Å². The van der Waals surface area contributed by atoms with Crippen molar-refractivity contribution in [2.24, 2.45) is 5.41 Å². The highest BCUT2D eigenvalue weighted by Gasteiger charge is 2.32. The highest BCUT2D eigenvalue weighted by atomic mass is 35.5. The van der Waals surface area contributed by atoms with Crippen molar-refractivity contribution in [2.75, 3.05) is 13.1 Å². The number of nitrogens with zero attached hydrogens (tertiary/aromatic N) is 2. The molecule has 1 saturated heterocycles. The van der Waals surface area contributed by atoms with Crippen LogP contribution in [0.1, 0.15) is 43.8 Å². The fraction of sp³-hybridized carbons (Fsp3) is 0.692. The van der Waals surface area contributed by atoms with Crippen molar-refractivity contribution in [2.45, 2.75) is 39.0 Å². The summed E-state index contributed by atoms with van der Waals surface area (Å²) in [6.45, 7) is 7.06. The van der Waals surface area contributed by atoms with Gasteiger partial charge in [0.05, 0.1) is 22.0 Å². The van der Waals surface area contributed by atoms with Gasteiger partial charge in [-0.25, -0.2) is 9.78 Å². The first kappa shape index (κ1) is 14.8. The third-order valence-electron chi connectivity index (χ3n) is 3.03. The van der Waals surface area contributed by atoms with E-state index in [-0.39, 0.29) is 5.97 Å². The van der Waals surface area contributed by atoms with Crippen molar-refractivity contribution in [3.8, 4) is 0 Å². The Balaban J connectivity index is 1.91. The molecule has 1 atom stereocenters. The molecule has 1 aromatic heterocycles. The van der Waals surface area contributed by atoms with Gasteiger partial charge in [-0.15, -0.1) is 28.0 Å². The Morgan fingerprint density at radius 1 is 1.63 bits per heavy atom. The Hall–Kier alpha value is -0.650. The van der Waals surface area contributed by atoms with E-state index in [1.54, 1.807) is 16.4 Å². The number of alkyl halides is 1.